The molecule has 3 aromatic rings. The van der Waals surface area contributed by atoms with Crippen LogP contribution in [0.4, 0.5) is 20.2 Å². The number of piperazine rings is 1. The van der Waals surface area contributed by atoms with Crippen LogP contribution in [0.2, 0.25) is 0 Å². The number of Topliss-reactive ketones (excluding diaryl/α,β-unsaturated/α-hetero) is 1. The maximum Gasteiger partial charge on any atom is 0.243 e. The highest BCUT2D eigenvalue weighted by molar-refractivity contribution is 7.89. The number of hydrogen-bond acceptors (Lipinski definition) is 7. The van der Waals surface area contributed by atoms with Gasteiger partial charge in [-0.2, -0.15) is 9.40 Å². The van der Waals surface area contributed by atoms with Crippen LogP contribution < -0.4 is 10.6 Å². The summed E-state index contributed by atoms with van der Waals surface area (Å²) < 4.78 is 55.5. The molecule has 12 heteroatoms. The summed E-state index contributed by atoms with van der Waals surface area (Å²) in [5.41, 5.74) is 9.02. The summed E-state index contributed by atoms with van der Waals surface area (Å²) >= 11 is 0. The summed E-state index contributed by atoms with van der Waals surface area (Å²) in [7, 11) is -2.14. The Morgan fingerprint density at radius 2 is 1.74 bits per heavy atom. The van der Waals surface area contributed by atoms with Gasteiger partial charge in [-0.25, -0.2) is 17.2 Å². The fourth-order valence-electron chi connectivity index (χ4n) is 5.34. The summed E-state index contributed by atoms with van der Waals surface area (Å²) in [4.78, 5) is 17.3. The van der Waals surface area contributed by atoms with Gasteiger partial charge < -0.3 is 15.5 Å². The van der Waals surface area contributed by atoms with Gasteiger partial charge in [0.1, 0.15) is 11.6 Å². The number of carbonyl (C=O) groups is 1. The van der Waals surface area contributed by atoms with Gasteiger partial charge in [-0.05, 0) is 37.4 Å². The Morgan fingerprint density at radius 1 is 1.08 bits per heavy atom. The topological polar surface area (TPSA) is 116 Å². The monoisotopic (exact) mass is 558 g/mol. The minimum atomic E-state index is -4.22. The minimum Gasteiger partial charge on any atom is -0.398 e. The number of carbonyl (C=O) groups excluding carboxylic acids is 1. The molecule has 2 aliphatic heterocycles. The number of rotatable bonds is 6. The van der Waals surface area contributed by atoms with Crippen molar-refractivity contribution < 1.29 is 22.0 Å². The molecule has 0 spiro atoms. The van der Waals surface area contributed by atoms with Crippen LogP contribution in [0.1, 0.15) is 41.2 Å². The first kappa shape index (κ1) is 27.2. The van der Waals surface area contributed by atoms with Gasteiger partial charge in [0.05, 0.1) is 17.0 Å². The first-order valence-electron chi connectivity index (χ1n) is 12.7. The molecule has 0 atom stereocenters. The quantitative estimate of drug-likeness (QED) is 0.353. The lowest BCUT2D eigenvalue weighted by Crippen LogP contribution is -2.45. The molecule has 2 aromatic carbocycles. The number of likely N-dealkylation sites (N-methyl/N-ethyl adjacent to an activating group) is 1. The van der Waals surface area contributed by atoms with Crippen molar-refractivity contribution in [1.29, 1.82) is 0 Å². The molecule has 1 fully saturated rings. The van der Waals surface area contributed by atoms with Gasteiger partial charge in [0.15, 0.2) is 5.78 Å². The molecule has 0 saturated carbocycles. The molecule has 1 aromatic heterocycles. The molecule has 0 aliphatic carbocycles. The van der Waals surface area contributed by atoms with Crippen LogP contribution in [0.25, 0.3) is 0 Å². The maximum absolute atomic E-state index is 13.8. The number of hydrogen-bond donors (Lipinski definition) is 2. The molecular weight excluding hydrogens is 526 g/mol. The third-order valence-corrected chi connectivity index (χ3v) is 9.28. The Bertz CT molecular complexity index is 1510. The highest BCUT2D eigenvalue weighted by atomic mass is 32.2. The van der Waals surface area contributed by atoms with E-state index in [1.165, 1.54) is 4.31 Å². The van der Waals surface area contributed by atoms with Crippen LogP contribution in [0.3, 0.4) is 0 Å². The van der Waals surface area contributed by atoms with E-state index >= 15 is 0 Å². The van der Waals surface area contributed by atoms with Gasteiger partial charge in [-0.3, -0.25) is 9.89 Å². The molecule has 5 rings (SSSR count). The van der Waals surface area contributed by atoms with Crippen LogP contribution in [0, 0.1) is 11.6 Å². The van der Waals surface area contributed by atoms with Gasteiger partial charge >= 0.3 is 0 Å². The predicted molar refractivity (Wildman–Crippen MR) is 144 cm³/mol. The number of benzene rings is 2. The number of sulfonamides is 1. The number of nitrogens with two attached hydrogens (primary N) is 1. The molecule has 2 aliphatic rings. The second kappa shape index (κ2) is 10.00. The van der Waals surface area contributed by atoms with Crippen LogP contribution >= 0.6 is 0 Å². The van der Waals surface area contributed by atoms with Crippen LogP contribution in [-0.4, -0.2) is 73.4 Å². The van der Waals surface area contributed by atoms with Gasteiger partial charge in [-0.1, -0.05) is 13.8 Å². The van der Waals surface area contributed by atoms with E-state index in [9.17, 15) is 22.0 Å². The summed E-state index contributed by atoms with van der Waals surface area (Å²) in [5.74, 6) is -2.18. The van der Waals surface area contributed by atoms with Gasteiger partial charge in [-0.15, -0.1) is 0 Å². The van der Waals surface area contributed by atoms with Crippen molar-refractivity contribution in [3.63, 3.8) is 0 Å². The van der Waals surface area contributed by atoms with Crippen LogP contribution in [0.15, 0.2) is 41.3 Å². The molecule has 3 heterocycles. The largest absolute Gasteiger partial charge is 0.398 e. The van der Waals surface area contributed by atoms with Gasteiger partial charge in [0, 0.05) is 78.9 Å². The van der Waals surface area contributed by atoms with E-state index in [0.717, 1.165) is 44.0 Å². The Morgan fingerprint density at radius 3 is 2.38 bits per heavy atom. The molecule has 9 nitrogen and oxygen atoms in total. The number of nitrogen functional groups attached to an aromatic ring is 1. The van der Waals surface area contributed by atoms with Crippen molar-refractivity contribution in [2.24, 2.45) is 0 Å². The lowest BCUT2D eigenvalue weighted by molar-refractivity contribution is 0.0992. The molecule has 0 bridgehead atoms. The van der Waals surface area contributed by atoms with Crippen molar-refractivity contribution in [1.82, 2.24) is 19.4 Å². The van der Waals surface area contributed by atoms with Crippen LogP contribution in [-0.2, 0) is 28.4 Å². The van der Waals surface area contributed by atoms with E-state index in [2.05, 4.69) is 27.0 Å². The first-order chi connectivity index (χ1) is 18.3. The molecule has 39 heavy (non-hydrogen) atoms. The first-order valence-corrected chi connectivity index (χ1v) is 14.2. The highest BCUT2D eigenvalue weighted by Gasteiger charge is 2.41. The predicted octanol–water partition coefficient (Wildman–Crippen LogP) is 2.93. The molecule has 3 N–H and O–H groups in total. The number of aromatic amines is 1. The van der Waals surface area contributed by atoms with Crippen molar-refractivity contribution in [2.75, 3.05) is 50.4 Å². The number of aromatic nitrogens is 2. The lowest BCUT2D eigenvalue weighted by Gasteiger charge is -2.36. The van der Waals surface area contributed by atoms with E-state index < -0.39 is 32.0 Å². The fourth-order valence-corrected chi connectivity index (χ4v) is 6.96. The summed E-state index contributed by atoms with van der Waals surface area (Å²) in [6, 6.07) is 7.67. The number of nitrogens with zero attached hydrogens (tertiary/aromatic N) is 4. The normalized spacial score (nSPS) is 18.2. The third kappa shape index (κ3) is 5.28. The Labute approximate surface area is 226 Å². The molecule has 208 valence electrons. The van der Waals surface area contributed by atoms with Crippen molar-refractivity contribution in [3.8, 4) is 0 Å². The molecule has 0 amide bonds. The number of ketones is 1. The summed E-state index contributed by atoms with van der Waals surface area (Å²) in [5, 5.41) is 7.34. The van der Waals surface area contributed by atoms with E-state index in [1.54, 1.807) is 6.07 Å². The maximum atomic E-state index is 13.8. The Hall–Kier alpha value is -3.35. The molecule has 0 unspecified atom stereocenters. The third-order valence-electron chi connectivity index (χ3n) is 7.52. The van der Waals surface area contributed by atoms with Crippen molar-refractivity contribution >= 4 is 27.2 Å². The smallest absolute Gasteiger partial charge is 0.243 e. The van der Waals surface area contributed by atoms with Crippen molar-refractivity contribution in [2.45, 2.75) is 37.1 Å². The van der Waals surface area contributed by atoms with Gasteiger partial charge in [0.2, 0.25) is 10.0 Å². The Balaban J connectivity index is 1.39. The molecular formula is C27H32F2N6O3S. The van der Waals surface area contributed by atoms with Crippen molar-refractivity contribution in [3.05, 3.63) is 70.5 Å². The average molecular weight is 559 g/mol. The SMILES string of the molecule is CN1CCN(c2ccc(C(=O)Cc3[nH]nc4c3CN(S(=O)(=O)c3cc(F)cc(F)c3)CC4(C)C)c(N)c2)CC1. The van der Waals surface area contributed by atoms with E-state index in [4.69, 9.17) is 5.73 Å². The Kier molecular flexibility index (Phi) is 6.98. The number of halogens is 2. The van der Waals surface area contributed by atoms with E-state index in [1.807, 2.05) is 26.0 Å². The average Bonchev–Trinajstić information content (AvgIpc) is 3.27. The lowest BCUT2D eigenvalue weighted by atomic mass is 9.83. The highest BCUT2D eigenvalue weighted by Crippen LogP contribution is 2.37. The number of fused-ring (bicyclic) bond motifs is 1. The number of anilines is 2. The zero-order valence-corrected chi connectivity index (χ0v) is 23.0. The summed E-state index contributed by atoms with van der Waals surface area (Å²) in [6.45, 7) is 7.28. The van der Waals surface area contributed by atoms with Crippen LogP contribution in [0.5, 0.6) is 0 Å². The number of nitrogens with one attached hydrogen (secondary N) is 1. The van der Waals surface area contributed by atoms with E-state index in [0.29, 0.717) is 34.3 Å². The fraction of sp³-hybridized carbons (Fsp3) is 0.407. The second-order valence-corrected chi connectivity index (χ2v) is 12.9. The zero-order chi connectivity index (χ0) is 28.1. The molecule has 1 saturated heterocycles. The summed E-state index contributed by atoms with van der Waals surface area (Å²) in [6.07, 6.45) is -0.0566. The zero-order valence-electron chi connectivity index (χ0n) is 22.2. The minimum absolute atomic E-state index is 0.0550. The van der Waals surface area contributed by atoms with Gasteiger partial charge in [0.25, 0.3) is 0 Å². The number of H-pyrrole nitrogens is 1. The standard InChI is InChI=1S/C27H32F2N6O3S/c1-27(2)16-35(39(37,38)20-11-17(28)10-18(29)12-20)15-22-24(31-32-26(22)27)14-25(36)21-5-4-19(13-23(21)30)34-8-6-33(3)7-9-34/h4-5,10-13H,6-9,14-16,30H2,1-3H3,(H,31,32). The van der Waals surface area contributed by atoms with E-state index in [-0.39, 0.29) is 25.3 Å². The second-order valence-electron chi connectivity index (χ2n) is 11.0. The molecule has 0 radical (unpaired) electrons.